The van der Waals surface area contributed by atoms with Crippen LogP contribution in [0, 0.1) is 5.82 Å². The van der Waals surface area contributed by atoms with Gasteiger partial charge in [-0.3, -0.25) is 4.79 Å². The van der Waals surface area contributed by atoms with Crippen molar-refractivity contribution in [3.63, 3.8) is 0 Å². The fourth-order valence-corrected chi connectivity index (χ4v) is 1.31. The number of carbonyl (C=O) groups excluding carboxylic acids is 1. The van der Waals surface area contributed by atoms with Crippen LogP contribution in [-0.2, 0) is 4.79 Å². The van der Waals surface area contributed by atoms with E-state index in [9.17, 15) is 27.2 Å². The molecule has 1 amide bonds. The van der Waals surface area contributed by atoms with Crippen LogP contribution in [0.2, 0.25) is 5.02 Å². The van der Waals surface area contributed by atoms with E-state index in [4.69, 9.17) is 16.7 Å². The maximum Gasteiger partial charge on any atom is 0.471 e. The van der Waals surface area contributed by atoms with E-state index in [2.05, 4.69) is 0 Å². The molecule has 1 rings (SSSR count). The van der Waals surface area contributed by atoms with Gasteiger partial charge in [0.05, 0.1) is 10.7 Å². The Balaban J connectivity index is 3.28. The summed E-state index contributed by atoms with van der Waals surface area (Å²) in [5, 5.41) is 9.34. The molecule has 2 N–H and O–H groups in total. The third-order valence-corrected chi connectivity index (χ3v) is 2.13. The molecule has 0 fully saturated rings. The molecule has 0 saturated heterocycles. The van der Waals surface area contributed by atoms with Crippen LogP contribution < -0.4 is 5.32 Å². The van der Waals surface area contributed by atoms with Gasteiger partial charge >= 0.3 is 18.1 Å². The van der Waals surface area contributed by atoms with E-state index in [-0.39, 0.29) is 0 Å². The lowest BCUT2D eigenvalue weighted by Gasteiger charge is -2.12. The first-order valence-corrected chi connectivity index (χ1v) is 4.62. The maximum absolute atomic E-state index is 13.2. The molecule has 0 aliphatic carbocycles. The number of carbonyl (C=O) groups is 2. The van der Waals surface area contributed by atoms with Gasteiger partial charge in [-0.05, 0) is 12.1 Å². The Morgan fingerprint density at radius 1 is 1.28 bits per heavy atom. The summed E-state index contributed by atoms with van der Waals surface area (Å²) in [6, 6.07) is 1.49. The zero-order chi connectivity index (χ0) is 14.1. The predicted molar refractivity (Wildman–Crippen MR) is 53.1 cm³/mol. The molecule has 0 radical (unpaired) electrons. The molecule has 0 spiro atoms. The van der Waals surface area contributed by atoms with Crippen molar-refractivity contribution in [2.24, 2.45) is 0 Å². The molecule has 1 aromatic rings. The lowest BCUT2D eigenvalue weighted by molar-refractivity contribution is -0.167. The van der Waals surface area contributed by atoms with Gasteiger partial charge in [-0.15, -0.1) is 0 Å². The average molecular weight is 286 g/mol. The number of rotatable bonds is 2. The van der Waals surface area contributed by atoms with Gasteiger partial charge in [-0.2, -0.15) is 13.2 Å². The Bertz CT molecular complexity index is 515. The highest BCUT2D eigenvalue weighted by Crippen LogP contribution is 2.29. The molecule has 98 valence electrons. The first-order valence-electron chi connectivity index (χ1n) is 4.24. The zero-order valence-corrected chi connectivity index (χ0v) is 9.06. The predicted octanol–water partition coefficient (Wildman–Crippen LogP) is 2.68. The number of carboxylic acids is 1. The largest absolute Gasteiger partial charge is 0.478 e. The molecule has 0 aliphatic rings. The van der Waals surface area contributed by atoms with Gasteiger partial charge in [0.25, 0.3) is 0 Å². The molecule has 0 aromatic heterocycles. The summed E-state index contributed by atoms with van der Waals surface area (Å²) in [4.78, 5) is 21.4. The average Bonchev–Trinajstić information content (AvgIpc) is 2.21. The van der Waals surface area contributed by atoms with Crippen LogP contribution in [0.1, 0.15) is 10.4 Å². The summed E-state index contributed by atoms with van der Waals surface area (Å²) in [5.74, 6) is -5.60. The van der Waals surface area contributed by atoms with E-state index in [1.165, 1.54) is 0 Å². The molecule has 18 heavy (non-hydrogen) atoms. The molecule has 0 saturated carbocycles. The van der Waals surface area contributed by atoms with Crippen LogP contribution in [-0.4, -0.2) is 23.2 Å². The SMILES string of the molecule is O=C(O)c1c(Cl)ccc(F)c1NC(=O)C(F)(F)F. The fraction of sp³-hybridized carbons (Fsp3) is 0.111. The summed E-state index contributed by atoms with van der Waals surface area (Å²) < 4.78 is 49.2. The molecule has 1 aromatic carbocycles. The molecule has 0 unspecified atom stereocenters. The minimum absolute atomic E-state index is 0.499. The van der Waals surface area contributed by atoms with Crippen LogP contribution in [0.15, 0.2) is 12.1 Å². The van der Waals surface area contributed by atoms with E-state index < -0.39 is 40.1 Å². The third-order valence-electron chi connectivity index (χ3n) is 1.81. The zero-order valence-electron chi connectivity index (χ0n) is 8.31. The van der Waals surface area contributed by atoms with Crippen molar-refractivity contribution in [1.82, 2.24) is 0 Å². The number of aromatic carboxylic acids is 1. The molecule has 0 atom stereocenters. The number of alkyl halides is 3. The van der Waals surface area contributed by atoms with Crippen molar-refractivity contribution in [1.29, 1.82) is 0 Å². The Morgan fingerprint density at radius 2 is 1.83 bits per heavy atom. The van der Waals surface area contributed by atoms with E-state index in [1.54, 1.807) is 0 Å². The topological polar surface area (TPSA) is 66.4 Å². The number of carboxylic acid groups (broad SMARTS) is 1. The molecular weight excluding hydrogens is 282 g/mol. The normalized spacial score (nSPS) is 11.2. The summed E-state index contributed by atoms with van der Waals surface area (Å²) >= 11 is 5.41. The summed E-state index contributed by atoms with van der Waals surface area (Å²) in [6.07, 6.45) is -5.27. The second-order valence-corrected chi connectivity index (χ2v) is 3.44. The fourth-order valence-electron chi connectivity index (χ4n) is 1.07. The molecule has 0 bridgehead atoms. The summed E-state index contributed by atoms with van der Waals surface area (Å²) in [5.41, 5.74) is -2.08. The van der Waals surface area contributed by atoms with Crippen molar-refractivity contribution in [3.8, 4) is 0 Å². The first kappa shape index (κ1) is 14.2. The Kier molecular flexibility index (Phi) is 3.80. The molecular formula is C9H4ClF4NO3. The van der Waals surface area contributed by atoms with E-state index in [0.29, 0.717) is 6.07 Å². The Labute approximate surface area is 102 Å². The quantitative estimate of drug-likeness (QED) is 0.821. The monoisotopic (exact) mass is 285 g/mol. The van der Waals surface area contributed by atoms with Crippen LogP contribution in [0.5, 0.6) is 0 Å². The minimum atomic E-state index is -5.27. The van der Waals surface area contributed by atoms with Crippen LogP contribution >= 0.6 is 11.6 Å². The van der Waals surface area contributed by atoms with Gasteiger partial charge in [-0.1, -0.05) is 11.6 Å². The molecule has 0 aliphatic heterocycles. The minimum Gasteiger partial charge on any atom is -0.478 e. The van der Waals surface area contributed by atoms with Gasteiger partial charge < -0.3 is 10.4 Å². The second-order valence-electron chi connectivity index (χ2n) is 3.04. The van der Waals surface area contributed by atoms with Crippen LogP contribution in [0.4, 0.5) is 23.2 Å². The number of benzene rings is 1. The number of hydrogen-bond donors (Lipinski definition) is 2. The van der Waals surface area contributed by atoms with Crippen molar-refractivity contribution in [3.05, 3.63) is 28.5 Å². The molecule has 9 heteroatoms. The van der Waals surface area contributed by atoms with Crippen molar-refractivity contribution < 1.29 is 32.3 Å². The van der Waals surface area contributed by atoms with E-state index in [0.717, 1.165) is 11.4 Å². The number of hydrogen-bond acceptors (Lipinski definition) is 2. The van der Waals surface area contributed by atoms with Gasteiger partial charge in [0.15, 0.2) is 0 Å². The van der Waals surface area contributed by atoms with Crippen molar-refractivity contribution >= 4 is 29.2 Å². The van der Waals surface area contributed by atoms with Crippen molar-refractivity contribution in [2.45, 2.75) is 6.18 Å². The first-order chi connectivity index (χ1) is 8.14. The lowest BCUT2D eigenvalue weighted by Crippen LogP contribution is -2.31. The van der Waals surface area contributed by atoms with Gasteiger partial charge in [0, 0.05) is 0 Å². The number of nitrogens with one attached hydrogen (secondary N) is 1. The van der Waals surface area contributed by atoms with Gasteiger partial charge in [-0.25, -0.2) is 9.18 Å². The molecule has 4 nitrogen and oxygen atoms in total. The van der Waals surface area contributed by atoms with Gasteiger partial charge in [0.1, 0.15) is 11.4 Å². The third kappa shape index (κ3) is 2.89. The van der Waals surface area contributed by atoms with E-state index in [1.807, 2.05) is 0 Å². The van der Waals surface area contributed by atoms with Crippen LogP contribution in [0.25, 0.3) is 0 Å². The Morgan fingerprint density at radius 3 is 2.28 bits per heavy atom. The summed E-state index contributed by atoms with van der Waals surface area (Å²) in [6.45, 7) is 0. The highest BCUT2D eigenvalue weighted by atomic mass is 35.5. The standard InChI is InChI=1S/C9H4ClF4NO3/c10-3-1-2-4(11)6(5(3)7(16)17)15-8(18)9(12,13)14/h1-2H,(H,15,18)(H,16,17). The summed E-state index contributed by atoms with van der Waals surface area (Å²) in [7, 11) is 0. The maximum atomic E-state index is 13.2. The smallest absolute Gasteiger partial charge is 0.471 e. The van der Waals surface area contributed by atoms with E-state index >= 15 is 0 Å². The number of halogens is 5. The highest BCUT2D eigenvalue weighted by molar-refractivity contribution is 6.34. The van der Waals surface area contributed by atoms with Crippen LogP contribution in [0.3, 0.4) is 0 Å². The van der Waals surface area contributed by atoms with Crippen molar-refractivity contribution in [2.75, 3.05) is 5.32 Å². The highest BCUT2D eigenvalue weighted by Gasteiger charge is 2.40. The Hall–Kier alpha value is -1.83. The number of anilines is 1. The van der Waals surface area contributed by atoms with Gasteiger partial charge in [0.2, 0.25) is 0 Å². The molecule has 0 heterocycles. The number of amides is 1. The lowest BCUT2D eigenvalue weighted by atomic mass is 10.1. The second kappa shape index (κ2) is 4.81.